The highest BCUT2D eigenvalue weighted by Crippen LogP contribution is 2.41. The van der Waals surface area contributed by atoms with Crippen LogP contribution in [0.4, 0.5) is 0 Å². The van der Waals surface area contributed by atoms with Crippen molar-refractivity contribution in [1.29, 1.82) is 0 Å². The number of nitrogens with zero attached hydrogens (tertiary/aromatic N) is 1. The summed E-state index contributed by atoms with van der Waals surface area (Å²) in [7, 11) is 0. The van der Waals surface area contributed by atoms with E-state index in [0.717, 1.165) is 6.54 Å². The zero-order valence-electron chi connectivity index (χ0n) is 13.2. The van der Waals surface area contributed by atoms with Crippen molar-refractivity contribution in [2.75, 3.05) is 6.54 Å². The molecule has 0 bridgehead atoms. The van der Waals surface area contributed by atoms with E-state index in [2.05, 4.69) is 29.8 Å². The number of amides is 1. The van der Waals surface area contributed by atoms with Crippen molar-refractivity contribution < 1.29 is 4.79 Å². The maximum Gasteiger partial charge on any atom is 0.251 e. The molecule has 6 N–H and O–H groups in total. The summed E-state index contributed by atoms with van der Waals surface area (Å²) in [6, 6.07) is 6.99. The minimum Gasteiger partial charge on any atom is -0.382 e. The van der Waals surface area contributed by atoms with Gasteiger partial charge >= 0.3 is 0 Å². The maximum absolute atomic E-state index is 12.2. The van der Waals surface area contributed by atoms with Crippen LogP contribution in [0.15, 0.2) is 29.4 Å². The summed E-state index contributed by atoms with van der Waals surface area (Å²) in [5, 5.41) is 6.73. The van der Waals surface area contributed by atoms with E-state index >= 15 is 0 Å². The van der Waals surface area contributed by atoms with E-state index in [1.807, 2.05) is 0 Å². The van der Waals surface area contributed by atoms with Crippen LogP contribution in [-0.2, 0) is 0 Å². The highest BCUT2D eigenvalue weighted by Gasteiger charge is 2.34. The van der Waals surface area contributed by atoms with Crippen LogP contribution in [0, 0.1) is 11.3 Å². The second-order valence-corrected chi connectivity index (χ2v) is 6.49. The molecule has 1 amide bonds. The molecule has 6 heteroatoms. The molecule has 120 valence electrons. The molecule has 1 saturated carbocycles. The van der Waals surface area contributed by atoms with Crippen LogP contribution >= 0.6 is 0 Å². The van der Waals surface area contributed by atoms with Crippen molar-refractivity contribution in [3.63, 3.8) is 0 Å². The van der Waals surface area contributed by atoms with E-state index in [0.29, 0.717) is 22.5 Å². The number of hydrogen-bond acceptors (Lipinski definition) is 4. The second-order valence-electron chi connectivity index (χ2n) is 6.49. The van der Waals surface area contributed by atoms with Crippen molar-refractivity contribution in [3.8, 4) is 0 Å². The van der Waals surface area contributed by atoms with E-state index in [1.165, 1.54) is 19.3 Å². The Morgan fingerprint density at radius 3 is 2.50 bits per heavy atom. The topological polar surface area (TPSA) is 106 Å². The lowest BCUT2D eigenvalue weighted by atomic mass is 9.82. The Hall–Kier alpha value is -2.08. The molecule has 1 fully saturated rings. The van der Waals surface area contributed by atoms with E-state index in [-0.39, 0.29) is 11.7 Å². The Labute approximate surface area is 131 Å². The van der Waals surface area contributed by atoms with Gasteiger partial charge in [-0.25, -0.2) is 11.4 Å². The van der Waals surface area contributed by atoms with Crippen LogP contribution in [-0.4, -0.2) is 18.3 Å². The number of hydrazine groups is 1. The van der Waals surface area contributed by atoms with Gasteiger partial charge in [0, 0.05) is 17.7 Å². The zero-order valence-corrected chi connectivity index (χ0v) is 13.2. The van der Waals surface area contributed by atoms with E-state index < -0.39 is 0 Å². The zero-order chi connectivity index (χ0) is 16.2. The quantitative estimate of drug-likeness (QED) is 0.285. The third kappa shape index (κ3) is 3.76. The molecule has 0 aromatic heterocycles. The van der Waals surface area contributed by atoms with Crippen LogP contribution in [0.25, 0.3) is 0 Å². The minimum atomic E-state index is -0.0540. The van der Waals surface area contributed by atoms with Crippen molar-refractivity contribution >= 4 is 11.7 Å². The summed E-state index contributed by atoms with van der Waals surface area (Å²) in [4.78, 5) is 12.2. The Bertz CT molecular complexity index is 550. The Balaban J connectivity index is 1.94. The van der Waals surface area contributed by atoms with Gasteiger partial charge in [-0.2, -0.15) is 0 Å². The van der Waals surface area contributed by atoms with Gasteiger partial charge in [-0.1, -0.05) is 32.4 Å². The highest BCUT2D eigenvalue weighted by atomic mass is 16.1. The molecule has 0 spiro atoms. The third-order valence-corrected chi connectivity index (χ3v) is 4.62. The van der Waals surface area contributed by atoms with E-state index in [9.17, 15) is 4.79 Å². The summed E-state index contributed by atoms with van der Waals surface area (Å²) in [5.41, 5.74) is 9.51. The second kappa shape index (κ2) is 6.79. The molecule has 0 aliphatic heterocycles. The van der Waals surface area contributed by atoms with Gasteiger partial charge in [-0.05, 0) is 36.3 Å². The summed E-state index contributed by atoms with van der Waals surface area (Å²) in [6.45, 7) is 5.28. The molecule has 1 atom stereocenters. The molecule has 0 saturated heterocycles. The molecule has 1 unspecified atom stereocenters. The number of carbonyl (C=O) groups excluding carboxylic acids is 1. The number of hydrazone groups is 1. The van der Waals surface area contributed by atoms with Gasteiger partial charge < -0.3 is 11.1 Å². The average Bonchev–Trinajstić information content (AvgIpc) is 2.84. The van der Waals surface area contributed by atoms with Crippen molar-refractivity contribution in [3.05, 3.63) is 35.4 Å². The van der Waals surface area contributed by atoms with Gasteiger partial charge in [0.25, 0.3) is 5.91 Å². The van der Waals surface area contributed by atoms with Crippen LogP contribution in [0.5, 0.6) is 0 Å². The molecule has 0 heterocycles. The number of benzene rings is 1. The number of hydrogen-bond donors (Lipinski definition) is 4. The lowest BCUT2D eigenvalue weighted by molar-refractivity contribution is 0.0937. The van der Waals surface area contributed by atoms with Crippen LogP contribution in [0.2, 0.25) is 0 Å². The van der Waals surface area contributed by atoms with Gasteiger partial charge in [0.1, 0.15) is 0 Å². The smallest absolute Gasteiger partial charge is 0.251 e. The number of nitrogens with one attached hydrogen (secondary N) is 2. The first-order valence-electron chi connectivity index (χ1n) is 7.61. The molecule has 1 aromatic rings. The minimum absolute atomic E-state index is 0.0540. The van der Waals surface area contributed by atoms with Crippen LogP contribution < -0.4 is 22.4 Å². The normalized spacial score (nSPS) is 20.7. The van der Waals surface area contributed by atoms with Crippen molar-refractivity contribution in [2.24, 2.45) is 28.0 Å². The lowest BCUT2D eigenvalue weighted by Crippen LogP contribution is -2.33. The maximum atomic E-state index is 12.2. The molecule has 1 aliphatic rings. The van der Waals surface area contributed by atoms with Crippen molar-refractivity contribution in [1.82, 2.24) is 10.9 Å². The first-order valence-corrected chi connectivity index (χ1v) is 7.61. The summed E-state index contributed by atoms with van der Waals surface area (Å²) in [6.07, 6.45) is 3.66. The number of amidine groups is 1. The van der Waals surface area contributed by atoms with E-state index in [1.54, 1.807) is 24.3 Å². The largest absolute Gasteiger partial charge is 0.382 e. The first-order chi connectivity index (χ1) is 10.4. The Morgan fingerprint density at radius 1 is 1.32 bits per heavy atom. The molecule has 2 rings (SSSR count). The average molecular weight is 303 g/mol. The summed E-state index contributed by atoms with van der Waals surface area (Å²) in [5.74, 6) is 5.86. The Morgan fingerprint density at radius 2 is 1.95 bits per heavy atom. The Kier molecular flexibility index (Phi) is 5.03. The molecule has 1 aliphatic carbocycles. The molecule has 22 heavy (non-hydrogen) atoms. The number of rotatable bonds is 5. The standard InChI is InChI=1S/C16H25N5O/c1-16(2)9-3-4-13(16)10-19-15(22)12-7-5-11(6-8-12)14(17)20-21-18/h5-8,13,21H,3-4,9-10,18H2,1-2H3,(H2,17,20)(H,19,22). The molecular weight excluding hydrogens is 278 g/mol. The van der Waals surface area contributed by atoms with E-state index in [4.69, 9.17) is 11.6 Å². The monoisotopic (exact) mass is 303 g/mol. The first kappa shape index (κ1) is 16.3. The van der Waals surface area contributed by atoms with Crippen molar-refractivity contribution in [2.45, 2.75) is 33.1 Å². The van der Waals surface area contributed by atoms with Gasteiger partial charge in [0.15, 0.2) is 5.84 Å². The van der Waals surface area contributed by atoms with Crippen LogP contribution in [0.1, 0.15) is 49.0 Å². The lowest BCUT2D eigenvalue weighted by Gasteiger charge is -2.27. The van der Waals surface area contributed by atoms with Crippen LogP contribution in [0.3, 0.4) is 0 Å². The van der Waals surface area contributed by atoms with Gasteiger partial charge in [-0.15, -0.1) is 5.10 Å². The molecule has 0 radical (unpaired) electrons. The fourth-order valence-electron chi connectivity index (χ4n) is 3.02. The summed E-state index contributed by atoms with van der Waals surface area (Å²) >= 11 is 0. The van der Waals surface area contributed by atoms with Gasteiger partial charge in [-0.3, -0.25) is 4.79 Å². The number of nitrogens with two attached hydrogens (primary N) is 2. The fourth-order valence-corrected chi connectivity index (χ4v) is 3.02. The number of carbonyl (C=O) groups is 1. The fraction of sp³-hybridized carbons (Fsp3) is 0.500. The predicted molar refractivity (Wildman–Crippen MR) is 87.9 cm³/mol. The summed E-state index contributed by atoms with van der Waals surface area (Å²) < 4.78 is 0. The third-order valence-electron chi connectivity index (χ3n) is 4.62. The SMILES string of the molecule is CC1(C)CCCC1CNC(=O)c1ccc(/C(N)=N/NN)cc1. The van der Waals surface area contributed by atoms with Gasteiger partial charge in [0.2, 0.25) is 0 Å². The molecule has 1 aromatic carbocycles. The predicted octanol–water partition coefficient (Wildman–Crippen LogP) is 1.33. The molecular formula is C16H25N5O. The molecule has 6 nitrogen and oxygen atoms in total. The highest BCUT2D eigenvalue weighted by molar-refractivity contribution is 5.99. The van der Waals surface area contributed by atoms with Gasteiger partial charge in [0.05, 0.1) is 0 Å².